The van der Waals surface area contributed by atoms with Crippen LogP contribution in [0.3, 0.4) is 0 Å². The summed E-state index contributed by atoms with van der Waals surface area (Å²) in [5.74, 6) is 0. The van der Waals surface area contributed by atoms with Crippen molar-refractivity contribution in [3.63, 3.8) is 0 Å². The Bertz CT molecular complexity index is 683. The number of nitrogens with zero attached hydrogens (tertiary/aromatic N) is 1. The van der Waals surface area contributed by atoms with Gasteiger partial charge in [-0.1, -0.05) is 54.6 Å². The molecule has 2 heteroatoms. The van der Waals surface area contributed by atoms with Crippen LogP contribution in [-0.2, 0) is 6.54 Å². The van der Waals surface area contributed by atoms with Crippen molar-refractivity contribution in [2.45, 2.75) is 6.54 Å². The topological polar surface area (TPSA) is 22.0 Å². The summed E-state index contributed by atoms with van der Waals surface area (Å²) >= 11 is 0. The molecule has 0 N–H and O–H groups in total. The summed E-state index contributed by atoms with van der Waals surface area (Å²) in [6.45, 7) is 0.726. The van der Waals surface area contributed by atoms with Crippen LogP contribution in [-0.4, -0.2) is 10.9 Å². The number of rotatable bonds is 3. The summed E-state index contributed by atoms with van der Waals surface area (Å²) in [5, 5.41) is 2.12. The summed E-state index contributed by atoms with van der Waals surface area (Å²) in [4.78, 5) is 11.3. The SMILES string of the molecule is O=Cc1c2ccccc2cn1Cc1ccccc1. The number of carbonyl (C=O) groups excluding carboxylic acids is 1. The predicted molar refractivity (Wildman–Crippen MR) is 72.9 cm³/mol. The number of aldehydes is 1. The molecule has 0 aliphatic heterocycles. The fourth-order valence-electron chi connectivity index (χ4n) is 2.28. The third kappa shape index (κ3) is 1.82. The van der Waals surface area contributed by atoms with Gasteiger partial charge in [-0.05, 0) is 5.56 Å². The molecule has 0 saturated heterocycles. The van der Waals surface area contributed by atoms with Crippen LogP contribution in [0.15, 0.2) is 60.8 Å². The van der Waals surface area contributed by atoms with Gasteiger partial charge in [0.25, 0.3) is 0 Å². The van der Waals surface area contributed by atoms with Crippen molar-refractivity contribution in [3.05, 3.63) is 72.1 Å². The molecule has 0 unspecified atom stereocenters. The Morgan fingerprint density at radius 3 is 2.44 bits per heavy atom. The second-order valence-electron chi connectivity index (χ2n) is 4.33. The second-order valence-corrected chi connectivity index (χ2v) is 4.33. The second kappa shape index (κ2) is 4.49. The lowest BCUT2D eigenvalue weighted by atomic mass is 10.2. The van der Waals surface area contributed by atoms with E-state index in [1.54, 1.807) is 0 Å². The Morgan fingerprint density at radius 1 is 0.944 bits per heavy atom. The monoisotopic (exact) mass is 235 g/mol. The molecule has 2 aromatic carbocycles. The Kier molecular flexibility index (Phi) is 2.69. The van der Waals surface area contributed by atoms with Crippen LogP contribution in [0, 0.1) is 0 Å². The molecule has 0 bridgehead atoms. The van der Waals surface area contributed by atoms with E-state index in [4.69, 9.17) is 0 Å². The first-order chi connectivity index (χ1) is 8.88. The normalized spacial score (nSPS) is 10.7. The van der Waals surface area contributed by atoms with Gasteiger partial charge in [0.05, 0.1) is 5.69 Å². The first-order valence-corrected chi connectivity index (χ1v) is 5.95. The first kappa shape index (κ1) is 10.8. The van der Waals surface area contributed by atoms with E-state index in [2.05, 4.69) is 12.1 Å². The van der Waals surface area contributed by atoms with E-state index in [1.807, 2.05) is 53.2 Å². The van der Waals surface area contributed by atoms with Gasteiger partial charge in [-0.2, -0.15) is 0 Å². The molecular weight excluding hydrogens is 222 g/mol. The van der Waals surface area contributed by atoms with Gasteiger partial charge in [-0.3, -0.25) is 4.79 Å². The number of hydrogen-bond acceptors (Lipinski definition) is 1. The Balaban J connectivity index is 2.09. The molecule has 3 aromatic rings. The van der Waals surface area contributed by atoms with Crippen LogP contribution in [0.2, 0.25) is 0 Å². The largest absolute Gasteiger partial charge is 0.340 e. The third-order valence-electron chi connectivity index (χ3n) is 3.15. The number of benzene rings is 2. The quantitative estimate of drug-likeness (QED) is 0.637. The molecule has 1 aromatic heterocycles. The lowest BCUT2D eigenvalue weighted by Gasteiger charge is -2.05. The van der Waals surface area contributed by atoms with Gasteiger partial charge < -0.3 is 4.57 Å². The maximum absolute atomic E-state index is 11.3. The van der Waals surface area contributed by atoms with E-state index in [9.17, 15) is 4.79 Å². The lowest BCUT2D eigenvalue weighted by Crippen LogP contribution is -2.02. The number of aromatic nitrogens is 1. The lowest BCUT2D eigenvalue weighted by molar-refractivity contribution is 0.111. The molecule has 0 atom stereocenters. The Hall–Kier alpha value is -2.35. The predicted octanol–water partition coefficient (Wildman–Crippen LogP) is 3.50. The molecule has 18 heavy (non-hydrogen) atoms. The third-order valence-corrected chi connectivity index (χ3v) is 3.15. The van der Waals surface area contributed by atoms with E-state index in [1.165, 1.54) is 5.56 Å². The van der Waals surface area contributed by atoms with Crippen molar-refractivity contribution in [2.75, 3.05) is 0 Å². The molecule has 88 valence electrons. The minimum atomic E-state index is 0.726. The number of hydrogen-bond donors (Lipinski definition) is 0. The van der Waals surface area contributed by atoms with Crippen LogP contribution < -0.4 is 0 Å². The highest BCUT2D eigenvalue weighted by molar-refractivity contribution is 5.97. The number of fused-ring (bicyclic) bond motifs is 1. The van der Waals surface area contributed by atoms with Crippen LogP contribution in [0.4, 0.5) is 0 Å². The van der Waals surface area contributed by atoms with E-state index < -0.39 is 0 Å². The van der Waals surface area contributed by atoms with Gasteiger partial charge in [0, 0.05) is 23.5 Å². The standard InChI is InChI=1S/C16H13NO/c18-12-16-15-9-5-4-8-14(15)11-17(16)10-13-6-2-1-3-7-13/h1-9,11-12H,10H2. The van der Waals surface area contributed by atoms with Gasteiger partial charge in [-0.15, -0.1) is 0 Å². The van der Waals surface area contributed by atoms with E-state index in [0.29, 0.717) is 0 Å². The van der Waals surface area contributed by atoms with Crippen LogP contribution in [0.25, 0.3) is 10.8 Å². The van der Waals surface area contributed by atoms with Gasteiger partial charge in [0.2, 0.25) is 0 Å². The summed E-state index contributed by atoms with van der Waals surface area (Å²) < 4.78 is 2.01. The summed E-state index contributed by atoms with van der Waals surface area (Å²) in [5.41, 5.74) is 1.94. The van der Waals surface area contributed by atoms with Crippen LogP contribution >= 0.6 is 0 Å². The first-order valence-electron chi connectivity index (χ1n) is 5.95. The van der Waals surface area contributed by atoms with Crippen molar-refractivity contribution < 1.29 is 4.79 Å². The Morgan fingerprint density at radius 2 is 1.67 bits per heavy atom. The smallest absolute Gasteiger partial charge is 0.167 e. The van der Waals surface area contributed by atoms with Gasteiger partial charge >= 0.3 is 0 Å². The van der Waals surface area contributed by atoms with Crippen molar-refractivity contribution >= 4 is 17.1 Å². The van der Waals surface area contributed by atoms with Crippen molar-refractivity contribution in [1.29, 1.82) is 0 Å². The fourth-order valence-corrected chi connectivity index (χ4v) is 2.28. The van der Waals surface area contributed by atoms with E-state index in [0.717, 1.165) is 29.3 Å². The molecule has 0 radical (unpaired) electrons. The zero-order chi connectivity index (χ0) is 12.4. The minimum Gasteiger partial charge on any atom is -0.340 e. The highest BCUT2D eigenvalue weighted by Gasteiger charge is 2.07. The molecule has 0 spiro atoms. The zero-order valence-corrected chi connectivity index (χ0v) is 9.91. The van der Waals surface area contributed by atoms with Crippen LogP contribution in [0.5, 0.6) is 0 Å². The molecule has 0 fully saturated rings. The van der Waals surface area contributed by atoms with Crippen molar-refractivity contribution in [1.82, 2.24) is 4.57 Å². The highest BCUT2D eigenvalue weighted by atomic mass is 16.1. The van der Waals surface area contributed by atoms with Gasteiger partial charge in [0.1, 0.15) is 0 Å². The summed E-state index contributed by atoms with van der Waals surface area (Å²) in [6.07, 6.45) is 2.97. The average Bonchev–Trinajstić information content (AvgIpc) is 2.77. The van der Waals surface area contributed by atoms with Gasteiger partial charge in [0.15, 0.2) is 6.29 Å². The maximum Gasteiger partial charge on any atom is 0.167 e. The molecular formula is C16H13NO. The highest BCUT2D eigenvalue weighted by Crippen LogP contribution is 2.20. The van der Waals surface area contributed by atoms with Gasteiger partial charge in [-0.25, -0.2) is 0 Å². The van der Waals surface area contributed by atoms with Crippen LogP contribution in [0.1, 0.15) is 16.1 Å². The molecule has 0 saturated carbocycles. The molecule has 3 rings (SSSR count). The number of carbonyl (C=O) groups is 1. The minimum absolute atomic E-state index is 0.726. The van der Waals surface area contributed by atoms with Crippen molar-refractivity contribution in [2.24, 2.45) is 0 Å². The molecule has 2 nitrogen and oxygen atoms in total. The fraction of sp³-hybridized carbons (Fsp3) is 0.0625. The van der Waals surface area contributed by atoms with Crippen molar-refractivity contribution in [3.8, 4) is 0 Å². The van der Waals surface area contributed by atoms with E-state index >= 15 is 0 Å². The zero-order valence-electron chi connectivity index (χ0n) is 9.91. The molecule has 0 aliphatic rings. The summed E-state index contributed by atoms with van der Waals surface area (Å²) in [6, 6.07) is 18.1. The molecule has 0 aliphatic carbocycles. The summed E-state index contributed by atoms with van der Waals surface area (Å²) in [7, 11) is 0. The Labute approximate surface area is 105 Å². The maximum atomic E-state index is 11.3. The molecule has 0 amide bonds. The molecule has 1 heterocycles. The van der Waals surface area contributed by atoms with E-state index in [-0.39, 0.29) is 0 Å². The average molecular weight is 235 g/mol.